The lowest BCUT2D eigenvalue weighted by Crippen LogP contribution is -2.43. The number of aromatic nitrogens is 1. The molecule has 1 aromatic heterocycles. The topological polar surface area (TPSA) is 153 Å². The molecule has 0 aliphatic heterocycles. The van der Waals surface area contributed by atoms with E-state index in [-0.39, 0.29) is 24.5 Å². The molecule has 0 aliphatic carbocycles. The number of carboxylic acids is 1. The van der Waals surface area contributed by atoms with Crippen molar-refractivity contribution in [3.63, 3.8) is 0 Å². The molecule has 1 unspecified atom stereocenters. The summed E-state index contributed by atoms with van der Waals surface area (Å²) in [5.74, 6) is -2.05. The number of benzene rings is 2. The van der Waals surface area contributed by atoms with Crippen LogP contribution >= 0.6 is 0 Å². The molecule has 0 saturated carbocycles. The van der Waals surface area contributed by atoms with Gasteiger partial charge in [0.05, 0.1) is 6.04 Å². The van der Waals surface area contributed by atoms with Gasteiger partial charge in [-0.15, -0.1) is 0 Å². The van der Waals surface area contributed by atoms with Crippen molar-refractivity contribution in [2.24, 2.45) is 16.5 Å². The van der Waals surface area contributed by atoms with Crippen molar-refractivity contribution in [2.45, 2.75) is 38.8 Å². The van der Waals surface area contributed by atoms with Crippen LogP contribution in [0.5, 0.6) is 0 Å². The van der Waals surface area contributed by atoms with Crippen LogP contribution in [0.4, 0.5) is 0 Å². The van der Waals surface area contributed by atoms with E-state index < -0.39 is 29.5 Å². The molecule has 3 aromatic rings. The highest BCUT2D eigenvalue weighted by atomic mass is 16.4. The molecule has 1 atom stereocenters. The number of nitrogens with one attached hydrogen (secondary N) is 1. The van der Waals surface area contributed by atoms with Crippen LogP contribution in [-0.4, -0.2) is 40.1 Å². The summed E-state index contributed by atoms with van der Waals surface area (Å²) in [7, 11) is 0. The largest absolute Gasteiger partial charge is 0.480 e. The summed E-state index contributed by atoms with van der Waals surface area (Å²) in [6.45, 7) is 4.18. The van der Waals surface area contributed by atoms with Crippen LogP contribution in [0.2, 0.25) is 0 Å². The average molecular weight is 490 g/mol. The van der Waals surface area contributed by atoms with E-state index >= 15 is 0 Å². The molecule has 0 spiro atoms. The summed E-state index contributed by atoms with van der Waals surface area (Å²) in [6.07, 6.45) is 2.09. The first kappa shape index (κ1) is 26.2. The van der Waals surface area contributed by atoms with E-state index in [1.807, 2.05) is 62.4 Å². The van der Waals surface area contributed by atoms with E-state index in [4.69, 9.17) is 11.5 Å². The number of nitrogens with zero attached hydrogens (tertiary/aromatic N) is 2. The number of hydrogen-bond acceptors (Lipinski definition) is 4. The van der Waals surface area contributed by atoms with Crippen LogP contribution in [0.15, 0.2) is 76.6 Å². The van der Waals surface area contributed by atoms with E-state index in [2.05, 4.69) is 10.3 Å². The number of amides is 1. The zero-order valence-corrected chi connectivity index (χ0v) is 20.3. The number of carbonyl (C=O) groups excluding carboxylic acids is 1. The van der Waals surface area contributed by atoms with Crippen LogP contribution in [0.25, 0.3) is 0 Å². The lowest BCUT2D eigenvalue weighted by atomic mass is 9.91. The van der Waals surface area contributed by atoms with Crippen LogP contribution in [0, 0.1) is 13.8 Å². The Bertz CT molecular complexity index is 1280. The summed E-state index contributed by atoms with van der Waals surface area (Å²) in [5, 5.41) is 12.0. The Morgan fingerprint density at radius 3 is 2.08 bits per heavy atom. The predicted octanol–water partition coefficient (Wildman–Crippen LogP) is 2.34. The second-order valence-electron chi connectivity index (χ2n) is 8.56. The Morgan fingerprint density at radius 2 is 1.56 bits per heavy atom. The smallest absolute Gasteiger partial charge is 0.326 e. The first-order chi connectivity index (χ1) is 17.2. The third-order valence-electron chi connectivity index (χ3n) is 6.01. The van der Waals surface area contributed by atoms with Gasteiger partial charge in [0.1, 0.15) is 11.6 Å². The van der Waals surface area contributed by atoms with Gasteiger partial charge < -0.3 is 26.5 Å². The molecular formula is C27H31N5O4. The number of hydrogen-bond donors (Lipinski definition) is 4. The van der Waals surface area contributed by atoms with Gasteiger partial charge in [-0.3, -0.25) is 14.6 Å². The van der Waals surface area contributed by atoms with E-state index in [1.54, 1.807) is 12.3 Å². The van der Waals surface area contributed by atoms with Crippen LogP contribution < -0.4 is 22.3 Å². The average Bonchev–Trinajstić information content (AvgIpc) is 2.84. The van der Waals surface area contributed by atoms with Gasteiger partial charge in [0.2, 0.25) is 0 Å². The monoisotopic (exact) mass is 489 g/mol. The van der Waals surface area contributed by atoms with Gasteiger partial charge in [-0.1, -0.05) is 48.5 Å². The number of guanidine groups is 1. The predicted molar refractivity (Wildman–Crippen MR) is 139 cm³/mol. The molecule has 9 nitrogen and oxygen atoms in total. The molecule has 1 heterocycles. The van der Waals surface area contributed by atoms with Gasteiger partial charge in [0.25, 0.3) is 11.5 Å². The third kappa shape index (κ3) is 6.18. The van der Waals surface area contributed by atoms with E-state index in [1.165, 1.54) is 10.6 Å². The van der Waals surface area contributed by atoms with E-state index in [9.17, 15) is 19.5 Å². The van der Waals surface area contributed by atoms with Gasteiger partial charge in [0.15, 0.2) is 5.96 Å². The molecule has 0 bridgehead atoms. The molecule has 1 amide bonds. The normalized spacial score (nSPS) is 11.6. The van der Waals surface area contributed by atoms with Crippen molar-refractivity contribution in [1.82, 2.24) is 9.88 Å². The Kier molecular flexibility index (Phi) is 8.61. The van der Waals surface area contributed by atoms with Gasteiger partial charge in [-0.05, 0) is 61.1 Å². The van der Waals surface area contributed by atoms with Gasteiger partial charge in [-0.25, -0.2) is 4.79 Å². The lowest BCUT2D eigenvalue weighted by molar-refractivity contribution is -0.139. The number of rotatable bonds is 10. The zero-order chi connectivity index (χ0) is 26.2. The minimum absolute atomic E-state index is 0.0902. The number of carboxylic acid groups (broad SMARTS) is 1. The van der Waals surface area contributed by atoms with Crippen molar-refractivity contribution < 1.29 is 14.7 Å². The maximum atomic E-state index is 13.6. The number of carbonyl (C=O) groups is 2. The second kappa shape index (κ2) is 11.8. The molecular weight excluding hydrogens is 458 g/mol. The third-order valence-corrected chi connectivity index (χ3v) is 6.01. The van der Waals surface area contributed by atoms with E-state index in [0.717, 1.165) is 22.3 Å². The Morgan fingerprint density at radius 1 is 0.972 bits per heavy atom. The van der Waals surface area contributed by atoms with Gasteiger partial charge >= 0.3 is 5.97 Å². The van der Waals surface area contributed by atoms with Gasteiger partial charge in [0, 0.05) is 12.7 Å². The van der Waals surface area contributed by atoms with Crippen molar-refractivity contribution in [2.75, 3.05) is 6.54 Å². The fourth-order valence-electron chi connectivity index (χ4n) is 4.14. The number of pyridine rings is 1. The highest BCUT2D eigenvalue weighted by Gasteiger charge is 2.25. The summed E-state index contributed by atoms with van der Waals surface area (Å²) in [5.41, 5.74) is 13.8. The van der Waals surface area contributed by atoms with Crippen LogP contribution in [-0.2, 0) is 4.79 Å². The molecule has 9 heteroatoms. The quantitative estimate of drug-likeness (QED) is 0.195. The number of aliphatic imine (C=N–C) groups is 1. The second-order valence-corrected chi connectivity index (χ2v) is 8.56. The molecule has 3 rings (SSSR count). The molecule has 0 fully saturated rings. The summed E-state index contributed by atoms with van der Waals surface area (Å²) < 4.78 is 1.52. The fourth-order valence-corrected chi connectivity index (χ4v) is 4.14. The standard InChI is InChI=1S/C27H31N5O4/c1-17-9-3-5-11-19(17)23(20-12-6-4-10-18(20)2)32-16-8-13-21(25(32)34)24(33)31-22(26(35)36)14-7-15-30-27(28)29/h3-6,8-13,16,22-23H,7,14-15H2,1-2H3,(H,31,33)(H,35,36)(H4,28,29,30). The minimum Gasteiger partial charge on any atom is -0.480 e. The summed E-state index contributed by atoms with van der Waals surface area (Å²) in [4.78, 5) is 42.2. The maximum absolute atomic E-state index is 13.6. The molecule has 36 heavy (non-hydrogen) atoms. The summed E-state index contributed by atoms with van der Waals surface area (Å²) in [6, 6.07) is 16.9. The Balaban J connectivity index is 1.98. The Hall–Kier alpha value is -4.40. The van der Waals surface area contributed by atoms with Crippen molar-refractivity contribution in [3.05, 3.63) is 105 Å². The highest BCUT2D eigenvalue weighted by molar-refractivity contribution is 5.96. The first-order valence-corrected chi connectivity index (χ1v) is 11.6. The van der Waals surface area contributed by atoms with Crippen molar-refractivity contribution in [1.29, 1.82) is 0 Å². The highest BCUT2D eigenvalue weighted by Crippen LogP contribution is 2.30. The SMILES string of the molecule is Cc1ccccc1C(c1ccccc1C)n1cccc(C(=O)NC(CCCN=C(N)N)C(=O)O)c1=O. The van der Waals surface area contributed by atoms with Gasteiger partial charge in [-0.2, -0.15) is 0 Å². The summed E-state index contributed by atoms with van der Waals surface area (Å²) >= 11 is 0. The molecule has 0 saturated heterocycles. The number of aliphatic carboxylic acids is 1. The molecule has 6 N–H and O–H groups in total. The number of nitrogens with two attached hydrogens (primary N) is 2. The van der Waals surface area contributed by atoms with Crippen molar-refractivity contribution in [3.8, 4) is 0 Å². The molecule has 2 aromatic carbocycles. The maximum Gasteiger partial charge on any atom is 0.326 e. The molecule has 0 radical (unpaired) electrons. The zero-order valence-electron chi connectivity index (χ0n) is 20.3. The van der Waals surface area contributed by atoms with Crippen LogP contribution in [0.1, 0.15) is 51.5 Å². The first-order valence-electron chi connectivity index (χ1n) is 11.6. The van der Waals surface area contributed by atoms with Crippen LogP contribution in [0.3, 0.4) is 0 Å². The molecule has 0 aliphatic rings. The Labute approximate surface area is 209 Å². The lowest BCUT2D eigenvalue weighted by Gasteiger charge is -2.25. The minimum atomic E-state index is -1.21. The van der Waals surface area contributed by atoms with E-state index in [0.29, 0.717) is 6.42 Å². The molecule has 188 valence electrons. The van der Waals surface area contributed by atoms with Crippen molar-refractivity contribution >= 4 is 17.8 Å². The fraction of sp³-hybridized carbons (Fsp3) is 0.259. The number of aryl methyl sites for hydroxylation is 2.